The van der Waals surface area contributed by atoms with Gasteiger partial charge in [0.15, 0.2) is 17.3 Å². The molecule has 4 rings (SSSR count). The third-order valence-corrected chi connectivity index (χ3v) is 7.11. The molecule has 0 fully saturated rings. The number of aliphatic hydroxyl groups is 1. The molecule has 1 aliphatic rings. The molecule has 2 aromatic carbocycles. The first-order chi connectivity index (χ1) is 21.2. The van der Waals surface area contributed by atoms with Crippen molar-refractivity contribution in [3.8, 4) is 11.5 Å². The molecule has 3 aromatic rings. The Morgan fingerprint density at radius 2 is 1.41 bits per heavy atom. The standard InChI is InChI=1S/C32H36O12/c1-19-15-27-29(31(37)24(18-44-27)22-4-3-21-16-25(34)26(35)17-23(21)30(22)36)28(20(19)2)32(38)43-14-13-42-12-11-41-10-9-40-8-7-39-6-5-33/h4,15-18,33-35H,3,5-14H2,1-2H3. The van der Waals surface area contributed by atoms with Crippen LogP contribution in [0.15, 0.2) is 39.7 Å². The fraction of sp³-hybridized carbons (Fsp3) is 0.406. The summed E-state index contributed by atoms with van der Waals surface area (Å²) in [4.78, 5) is 40.3. The molecule has 0 saturated carbocycles. The number of allylic oxidation sites excluding steroid dienone is 2. The van der Waals surface area contributed by atoms with Crippen LogP contribution in [0.5, 0.6) is 11.5 Å². The van der Waals surface area contributed by atoms with Gasteiger partial charge < -0.3 is 43.4 Å². The molecule has 0 atom stereocenters. The molecule has 44 heavy (non-hydrogen) atoms. The van der Waals surface area contributed by atoms with Gasteiger partial charge >= 0.3 is 5.97 Å². The lowest BCUT2D eigenvalue weighted by Crippen LogP contribution is -2.21. The van der Waals surface area contributed by atoms with Gasteiger partial charge in [-0.15, -0.1) is 0 Å². The number of ether oxygens (including phenoxy) is 5. The smallest absolute Gasteiger partial charge is 0.339 e. The zero-order valence-electron chi connectivity index (χ0n) is 24.7. The number of hydrogen-bond donors (Lipinski definition) is 3. The third-order valence-electron chi connectivity index (χ3n) is 7.11. The van der Waals surface area contributed by atoms with Crippen LogP contribution in [0, 0.1) is 13.8 Å². The number of carbonyl (C=O) groups excluding carboxylic acids is 2. The average Bonchev–Trinajstić information content (AvgIpc) is 3.00. The largest absolute Gasteiger partial charge is 0.504 e. The zero-order chi connectivity index (χ0) is 31.6. The van der Waals surface area contributed by atoms with Gasteiger partial charge in [0, 0.05) is 11.1 Å². The van der Waals surface area contributed by atoms with Crippen molar-refractivity contribution in [3.63, 3.8) is 0 Å². The Hall–Kier alpha value is -4.07. The van der Waals surface area contributed by atoms with Crippen molar-refractivity contribution in [3.05, 3.63) is 74.1 Å². The topological polar surface area (TPSA) is 171 Å². The van der Waals surface area contributed by atoms with Gasteiger partial charge in [-0.1, -0.05) is 6.08 Å². The van der Waals surface area contributed by atoms with Crippen LogP contribution in [0.1, 0.15) is 43.0 Å². The predicted octanol–water partition coefficient (Wildman–Crippen LogP) is 2.86. The van der Waals surface area contributed by atoms with E-state index in [0.29, 0.717) is 49.7 Å². The lowest BCUT2D eigenvalue weighted by molar-refractivity contribution is -0.0113. The molecule has 0 unspecified atom stereocenters. The van der Waals surface area contributed by atoms with Gasteiger partial charge in [-0.2, -0.15) is 0 Å². The van der Waals surface area contributed by atoms with E-state index in [0.717, 1.165) is 0 Å². The minimum absolute atomic E-state index is 0.000136. The van der Waals surface area contributed by atoms with Crippen molar-refractivity contribution in [1.29, 1.82) is 0 Å². The molecule has 1 aromatic heterocycles. The van der Waals surface area contributed by atoms with Crippen LogP contribution >= 0.6 is 0 Å². The Morgan fingerprint density at radius 3 is 2.05 bits per heavy atom. The van der Waals surface area contributed by atoms with Gasteiger partial charge in [-0.3, -0.25) is 9.59 Å². The number of ketones is 1. The number of phenolic OH excluding ortho intramolecular Hbond substituents is 2. The number of esters is 1. The number of phenols is 2. The number of aromatic hydroxyl groups is 2. The van der Waals surface area contributed by atoms with Crippen LogP contribution in [-0.2, 0) is 30.1 Å². The van der Waals surface area contributed by atoms with Crippen molar-refractivity contribution in [2.75, 3.05) is 66.1 Å². The van der Waals surface area contributed by atoms with Crippen molar-refractivity contribution in [1.82, 2.24) is 0 Å². The van der Waals surface area contributed by atoms with E-state index in [2.05, 4.69) is 0 Å². The quantitative estimate of drug-likeness (QED) is 0.123. The fourth-order valence-corrected chi connectivity index (χ4v) is 4.73. The summed E-state index contributed by atoms with van der Waals surface area (Å²) in [7, 11) is 0. The van der Waals surface area contributed by atoms with Gasteiger partial charge in [0.25, 0.3) is 0 Å². The highest BCUT2D eigenvalue weighted by molar-refractivity contribution is 6.30. The summed E-state index contributed by atoms with van der Waals surface area (Å²) >= 11 is 0. The molecule has 236 valence electrons. The Bertz CT molecular complexity index is 1590. The third kappa shape index (κ3) is 7.71. The second-order valence-corrected chi connectivity index (χ2v) is 10.0. The molecular formula is C32H36O12. The number of benzene rings is 2. The number of rotatable bonds is 16. The molecule has 1 heterocycles. The van der Waals surface area contributed by atoms with Crippen LogP contribution in [0.4, 0.5) is 0 Å². The molecule has 3 N–H and O–H groups in total. The Balaban J connectivity index is 1.37. The van der Waals surface area contributed by atoms with Crippen LogP contribution in [0.2, 0.25) is 0 Å². The second-order valence-electron chi connectivity index (χ2n) is 10.0. The lowest BCUT2D eigenvalue weighted by Gasteiger charge is -2.17. The Morgan fingerprint density at radius 1 is 0.818 bits per heavy atom. The average molecular weight is 613 g/mol. The van der Waals surface area contributed by atoms with Crippen molar-refractivity contribution >= 4 is 28.3 Å². The molecule has 0 spiro atoms. The summed E-state index contributed by atoms with van der Waals surface area (Å²) in [5, 5.41) is 28.3. The van der Waals surface area contributed by atoms with E-state index in [1.807, 2.05) is 0 Å². The summed E-state index contributed by atoms with van der Waals surface area (Å²) in [5.41, 5.74) is 1.63. The summed E-state index contributed by atoms with van der Waals surface area (Å²) < 4.78 is 32.5. The number of Topliss-reactive ketones (excluding diaryl/α,β-unsaturated/α-hetero) is 1. The van der Waals surface area contributed by atoms with E-state index in [-0.39, 0.29) is 78.4 Å². The monoisotopic (exact) mass is 612 g/mol. The van der Waals surface area contributed by atoms with Crippen LogP contribution in [0.25, 0.3) is 16.5 Å². The number of aliphatic hydroxyl groups excluding tert-OH is 1. The van der Waals surface area contributed by atoms with E-state index in [9.17, 15) is 24.6 Å². The molecule has 0 saturated heterocycles. The van der Waals surface area contributed by atoms with Crippen LogP contribution in [0.3, 0.4) is 0 Å². The van der Waals surface area contributed by atoms with Crippen molar-refractivity contribution < 1.29 is 53.0 Å². The van der Waals surface area contributed by atoms with Gasteiger partial charge in [0.05, 0.1) is 76.0 Å². The highest BCUT2D eigenvalue weighted by Crippen LogP contribution is 2.35. The summed E-state index contributed by atoms with van der Waals surface area (Å²) in [6.07, 6.45) is 2.99. The fourth-order valence-electron chi connectivity index (χ4n) is 4.73. The van der Waals surface area contributed by atoms with E-state index in [1.54, 1.807) is 26.0 Å². The molecule has 1 aliphatic carbocycles. The molecule has 0 radical (unpaired) electrons. The molecule has 0 aliphatic heterocycles. The van der Waals surface area contributed by atoms with E-state index in [4.69, 9.17) is 33.2 Å². The number of hydrogen-bond acceptors (Lipinski definition) is 12. The molecule has 0 amide bonds. The number of fused-ring (bicyclic) bond motifs is 2. The van der Waals surface area contributed by atoms with Crippen LogP contribution in [-0.4, -0.2) is 93.1 Å². The first kappa shape index (κ1) is 32.8. The maximum absolute atomic E-state index is 13.8. The number of carbonyl (C=O) groups is 2. The normalized spacial score (nSPS) is 12.8. The second kappa shape index (κ2) is 15.6. The van der Waals surface area contributed by atoms with E-state index >= 15 is 0 Å². The van der Waals surface area contributed by atoms with Crippen molar-refractivity contribution in [2.45, 2.75) is 20.3 Å². The molecule has 12 heteroatoms. The Kier molecular flexibility index (Phi) is 11.6. The minimum Gasteiger partial charge on any atom is -0.504 e. The summed E-state index contributed by atoms with van der Waals surface area (Å²) in [6.45, 7) is 5.97. The van der Waals surface area contributed by atoms with Gasteiger partial charge in [-0.05, 0) is 55.2 Å². The highest BCUT2D eigenvalue weighted by atomic mass is 16.6. The maximum atomic E-state index is 13.8. The summed E-state index contributed by atoms with van der Waals surface area (Å²) in [5.74, 6) is -2.03. The van der Waals surface area contributed by atoms with E-state index in [1.165, 1.54) is 18.4 Å². The van der Waals surface area contributed by atoms with Crippen molar-refractivity contribution in [2.24, 2.45) is 0 Å². The summed E-state index contributed by atoms with van der Waals surface area (Å²) in [6, 6.07) is 4.13. The first-order valence-corrected chi connectivity index (χ1v) is 14.2. The van der Waals surface area contributed by atoms with Gasteiger partial charge in [-0.25, -0.2) is 4.79 Å². The lowest BCUT2D eigenvalue weighted by atomic mass is 9.86. The minimum atomic E-state index is -0.727. The molecule has 12 nitrogen and oxygen atoms in total. The van der Waals surface area contributed by atoms with Gasteiger partial charge in [0.2, 0.25) is 5.43 Å². The maximum Gasteiger partial charge on any atom is 0.339 e. The highest BCUT2D eigenvalue weighted by Gasteiger charge is 2.28. The number of aryl methyl sites for hydroxylation is 1. The Labute approximate surface area is 253 Å². The van der Waals surface area contributed by atoms with Gasteiger partial charge in [0.1, 0.15) is 18.5 Å². The predicted molar refractivity (Wildman–Crippen MR) is 158 cm³/mol. The SMILES string of the molecule is Cc1cc2occ(C3=CCc4cc(O)c(O)cc4C3=O)c(=O)c2c(C(=O)OCCOCCOCCOCCOCCO)c1C. The van der Waals surface area contributed by atoms with Crippen LogP contribution < -0.4 is 5.43 Å². The van der Waals surface area contributed by atoms with E-state index < -0.39 is 22.9 Å². The zero-order valence-corrected chi connectivity index (χ0v) is 24.7. The molecular weight excluding hydrogens is 576 g/mol. The molecule has 0 bridgehead atoms. The first-order valence-electron chi connectivity index (χ1n) is 14.2.